The number of nitrogens with one attached hydrogen (secondary N) is 1. The number of amides is 2. The summed E-state index contributed by atoms with van der Waals surface area (Å²) in [6, 6.07) is 4.24. The third-order valence-electron chi connectivity index (χ3n) is 4.67. The number of thiophene rings is 1. The number of carbonyl (C=O) groups excluding carboxylic acids is 2. The zero-order chi connectivity index (χ0) is 16.2. The zero-order valence-corrected chi connectivity index (χ0v) is 15.5. The molecule has 0 unspecified atom stereocenters. The number of piperidine rings is 1. The Bertz CT molecular complexity index is 563. The van der Waals surface area contributed by atoms with Crippen LogP contribution in [0, 0.1) is 0 Å². The Morgan fingerprint density at radius 2 is 1.87 bits per heavy atom. The molecule has 2 fully saturated rings. The molecular formula is C16H22BrN3O2S. The standard InChI is InChI=1S/C16H22BrN3O2S/c17-14-4-3-13(23-14)16(22)18-11-15(21)20-9-5-12(6-10-20)19-7-1-2-8-19/h3-4,12H,1-2,5-11H2,(H,18,22). The van der Waals surface area contributed by atoms with Gasteiger partial charge in [-0.15, -0.1) is 11.3 Å². The molecule has 1 aromatic rings. The lowest BCUT2D eigenvalue weighted by molar-refractivity contribution is -0.131. The molecule has 0 saturated carbocycles. The number of likely N-dealkylation sites (tertiary alicyclic amines) is 2. The average molecular weight is 400 g/mol. The van der Waals surface area contributed by atoms with Crippen LogP contribution in [0.4, 0.5) is 0 Å². The van der Waals surface area contributed by atoms with E-state index in [9.17, 15) is 9.59 Å². The van der Waals surface area contributed by atoms with Gasteiger partial charge in [-0.2, -0.15) is 0 Å². The van der Waals surface area contributed by atoms with Crippen LogP contribution in [0.2, 0.25) is 0 Å². The van der Waals surface area contributed by atoms with Crippen LogP contribution >= 0.6 is 27.3 Å². The molecule has 23 heavy (non-hydrogen) atoms. The highest BCUT2D eigenvalue weighted by Gasteiger charge is 2.28. The topological polar surface area (TPSA) is 52.7 Å². The normalized spacial score (nSPS) is 20.0. The van der Waals surface area contributed by atoms with Crippen LogP contribution in [0.25, 0.3) is 0 Å². The minimum absolute atomic E-state index is 0.0221. The third kappa shape index (κ3) is 4.33. The number of rotatable bonds is 4. The molecule has 2 aliphatic heterocycles. The summed E-state index contributed by atoms with van der Waals surface area (Å²) in [5, 5.41) is 2.72. The zero-order valence-electron chi connectivity index (χ0n) is 13.1. The molecule has 2 aliphatic rings. The molecule has 3 heterocycles. The molecule has 5 nitrogen and oxygen atoms in total. The molecule has 0 bridgehead atoms. The van der Waals surface area contributed by atoms with Crippen LogP contribution in [-0.4, -0.2) is 60.4 Å². The van der Waals surface area contributed by atoms with Crippen molar-refractivity contribution >= 4 is 39.1 Å². The maximum Gasteiger partial charge on any atom is 0.261 e. The lowest BCUT2D eigenvalue weighted by Crippen LogP contribution is -2.48. The van der Waals surface area contributed by atoms with Crippen LogP contribution < -0.4 is 5.32 Å². The number of nitrogens with zero attached hydrogens (tertiary/aromatic N) is 2. The summed E-state index contributed by atoms with van der Waals surface area (Å²) >= 11 is 4.71. The van der Waals surface area contributed by atoms with Gasteiger partial charge in [0, 0.05) is 19.1 Å². The lowest BCUT2D eigenvalue weighted by atomic mass is 10.0. The van der Waals surface area contributed by atoms with E-state index < -0.39 is 0 Å². The van der Waals surface area contributed by atoms with Gasteiger partial charge >= 0.3 is 0 Å². The molecule has 7 heteroatoms. The molecule has 0 aliphatic carbocycles. The molecule has 1 N–H and O–H groups in total. The smallest absolute Gasteiger partial charge is 0.261 e. The van der Waals surface area contributed by atoms with Crippen molar-refractivity contribution in [2.75, 3.05) is 32.7 Å². The van der Waals surface area contributed by atoms with Gasteiger partial charge in [0.1, 0.15) is 0 Å². The molecule has 0 aromatic carbocycles. The van der Waals surface area contributed by atoms with Gasteiger partial charge in [0.15, 0.2) is 0 Å². The summed E-state index contributed by atoms with van der Waals surface area (Å²) in [5.74, 6) is -0.158. The summed E-state index contributed by atoms with van der Waals surface area (Å²) in [4.78, 5) is 29.3. The summed E-state index contributed by atoms with van der Waals surface area (Å²) in [6.45, 7) is 4.12. The van der Waals surface area contributed by atoms with Crippen molar-refractivity contribution in [1.29, 1.82) is 0 Å². The summed E-state index contributed by atoms with van der Waals surface area (Å²) in [5.41, 5.74) is 0. The van der Waals surface area contributed by atoms with Gasteiger partial charge in [0.2, 0.25) is 5.91 Å². The first-order valence-electron chi connectivity index (χ1n) is 8.19. The van der Waals surface area contributed by atoms with Crippen molar-refractivity contribution in [2.24, 2.45) is 0 Å². The van der Waals surface area contributed by atoms with Crippen LogP contribution in [0.5, 0.6) is 0 Å². The first-order valence-corrected chi connectivity index (χ1v) is 9.80. The number of halogens is 1. The van der Waals surface area contributed by atoms with Crippen LogP contribution in [0.3, 0.4) is 0 Å². The summed E-state index contributed by atoms with van der Waals surface area (Å²) < 4.78 is 0.915. The molecule has 1 aromatic heterocycles. The molecule has 2 amide bonds. The predicted octanol–water partition coefficient (Wildman–Crippen LogP) is 2.33. The number of hydrogen-bond donors (Lipinski definition) is 1. The number of hydrogen-bond acceptors (Lipinski definition) is 4. The van der Waals surface area contributed by atoms with E-state index in [0.29, 0.717) is 10.9 Å². The second kappa shape index (κ2) is 7.77. The van der Waals surface area contributed by atoms with E-state index in [1.165, 1.54) is 37.3 Å². The van der Waals surface area contributed by atoms with Crippen LogP contribution in [-0.2, 0) is 4.79 Å². The monoisotopic (exact) mass is 399 g/mol. The molecule has 0 radical (unpaired) electrons. The first-order chi connectivity index (χ1) is 11.1. The highest BCUT2D eigenvalue weighted by Crippen LogP contribution is 2.22. The van der Waals surface area contributed by atoms with Crippen LogP contribution in [0.1, 0.15) is 35.4 Å². The van der Waals surface area contributed by atoms with E-state index in [1.807, 2.05) is 11.0 Å². The Balaban J connectivity index is 1.41. The fraction of sp³-hybridized carbons (Fsp3) is 0.625. The van der Waals surface area contributed by atoms with Gasteiger partial charge in [-0.05, 0) is 66.8 Å². The van der Waals surface area contributed by atoms with Crippen molar-refractivity contribution in [3.63, 3.8) is 0 Å². The van der Waals surface area contributed by atoms with Gasteiger partial charge in [-0.3, -0.25) is 9.59 Å². The highest BCUT2D eigenvalue weighted by molar-refractivity contribution is 9.11. The minimum atomic E-state index is -0.180. The summed E-state index contributed by atoms with van der Waals surface area (Å²) in [6.07, 6.45) is 4.73. The molecule has 2 saturated heterocycles. The maximum atomic E-state index is 12.3. The number of carbonyl (C=O) groups is 2. The lowest BCUT2D eigenvalue weighted by Gasteiger charge is -2.36. The predicted molar refractivity (Wildman–Crippen MR) is 94.8 cm³/mol. The van der Waals surface area contributed by atoms with Crippen molar-refractivity contribution < 1.29 is 9.59 Å². The second-order valence-corrected chi connectivity index (χ2v) is 8.60. The molecule has 0 atom stereocenters. The van der Waals surface area contributed by atoms with E-state index in [1.54, 1.807) is 6.07 Å². The van der Waals surface area contributed by atoms with Crippen molar-refractivity contribution in [2.45, 2.75) is 31.7 Å². The van der Waals surface area contributed by atoms with Gasteiger partial charge in [0.25, 0.3) is 5.91 Å². The SMILES string of the molecule is O=C(NCC(=O)N1CCC(N2CCCC2)CC1)c1ccc(Br)s1. The Morgan fingerprint density at radius 3 is 2.48 bits per heavy atom. The third-order valence-corrected chi connectivity index (χ3v) is 6.29. The fourth-order valence-corrected chi connectivity index (χ4v) is 4.68. The van der Waals surface area contributed by atoms with Crippen molar-refractivity contribution in [3.8, 4) is 0 Å². The van der Waals surface area contributed by atoms with Gasteiger partial charge in [-0.1, -0.05) is 0 Å². The molecule has 0 spiro atoms. The van der Waals surface area contributed by atoms with E-state index >= 15 is 0 Å². The largest absolute Gasteiger partial charge is 0.342 e. The average Bonchev–Trinajstić information content (AvgIpc) is 3.24. The minimum Gasteiger partial charge on any atom is -0.342 e. The molecule has 3 rings (SSSR count). The van der Waals surface area contributed by atoms with E-state index in [4.69, 9.17) is 0 Å². The Kier molecular flexibility index (Phi) is 5.71. The first kappa shape index (κ1) is 16.9. The summed E-state index contributed by atoms with van der Waals surface area (Å²) in [7, 11) is 0. The van der Waals surface area contributed by atoms with Crippen LogP contribution in [0.15, 0.2) is 15.9 Å². The molecular weight excluding hydrogens is 378 g/mol. The Morgan fingerprint density at radius 1 is 1.17 bits per heavy atom. The van der Waals surface area contributed by atoms with E-state index in [0.717, 1.165) is 29.7 Å². The second-order valence-electron chi connectivity index (χ2n) is 6.14. The van der Waals surface area contributed by atoms with Gasteiger partial charge in [0.05, 0.1) is 15.2 Å². The Hall–Kier alpha value is -0.920. The van der Waals surface area contributed by atoms with Crippen molar-refractivity contribution in [3.05, 3.63) is 20.8 Å². The van der Waals surface area contributed by atoms with Crippen molar-refractivity contribution in [1.82, 2.24) is 15.1 Å². The van der Waals surface area contributed by atoms with E-state index in [-0.39, 0.29) is 18.4 Å². The van der Waals surface area contributed by atoms with E-state index in [2.05, 4.69) is 26.1 Å². The van der Waals surface area contributed by atoms with Gasteiger partial charge < -0.3 is 15.1 Å². The quantitative estimate of drug-likeness (QED) is 0.844. The fourth-order valence-electron chi connectivity index (χ4n) is 3.38. The molecule has 126 valence electrons. The highest BCUT2D eigenvalue weighted by atomic mass is 79.9. The maximum absolute atomic E-state index is 12.3. The Labute approximate surface area is 149 Å². The van der Waals surface area contributed by atoms with Gasteiger partial charge in [-0.25, -0.2) is 0 Å².